The standard InChI is InChI=1S/C4H6N4S/c1-2-3(4(5)6)9-8-7-2/h1H3,(H3,5,6). The van der Waals surface area contributed by atoms with Crippen LogP contribution in [0.2, 0.25) is 0 Å². The molecule has 0 amide bonds. The van der Waals surface area contributed by atoms with Crippen molar-refractivity contribution in [2.75, 3.05) is 0 Å². The molecule has 1 aromatic heterocycles. The molecule has 1 aromatic rings. The van der Waals surface area contributed by atoms with Crippen LogP contribution in [0.5, 0.6) is 0 Å². The molecule has 3 N–H and O–H groups in total. The molecule has 0 radical (unpaired) electrons. The quantitative estimate of drug-likeness (QED) is 0.432. The Hall–Kier alpha value is -0.970. The number of nitrogens with zero attached hydrogens (tertiary/aromatic N) is 2. The highest BCUT2D eigenvalue weighted by Crippen LogP contribution is 2.06. The minimum Gasteiger partial charge on any atom is -0.383 e. The zero-order valence-electron chi connectivity index (χ0n) is 4.88. The molecule has 0 saturated carbocycles. The summed E-state index contributed by atoms with van der Waals surface area (Å²) in [4.78, 5) is 0.662. The van der Waals surface area contributed by atoms with E-state index in [1.165, 1.54) is 0 Å². The summed E-state index contributed by atoms with van der Waals surface area (Å²) >= 11 is 1.15. The molecule has 5 heteroatoms. The van der Waals surface area contributed by atoms with Gasteiger partial charge in [-0.25, -0.2) is 0 Å². The molecular formula is C4H6N4S. The summed E-state index contributed by atoms with van der Waals surface area (Å²) < 4.78 is 3.61. The van der Waals surface area contributed by atoms with Crippen molar-refractivity contribution < 1.29 is 0 Å². The predicted molar refractivity (Wildman–Crippen MR) is 35.7 cm³/mol. The molecule has 0 aliphatic carbocycles. The third-order valence-corrected chi connectivity index (χ3v) is 1.76. The Morgan fingerprint density at radius 3 is 2.67 bits per heavy atom. The number of hydrogen-bond donors (Lipinski definition) is 2. The number of nitrogens with one attached hydrogen (secondary N) is 1. The third-order valence-electron chi connectivity index (χ3n) is 0.896. The number of aromatic nitrogens is 2. The van der Waals surface area contributed by atoms with Crippen LogP contribution >= 0.6 is 11.5 Å². The average molecular weight is 142 g/mol. The Labute approximate surface area is 56.4 Å². The lowest BCUT2D eigenvalue weighted by atomic mass is 10.4. The van der Waals surface area contributed by atoms with Crippen molar-refractivity contribution in [3.05, 3.63) is 10.6 Å². The van der Waals surface area contributed by atoms with Gasteiger partial charge in [0.05, 0.1) is 5.69 Å². The summed E-state index contributed by atoms with van der Waals surface area (Å²) in [6.07, 6.45) is 0. The van der Waals surface area contributed by atoms with Crippen molar-refractivity contribution in [3.8, 4) is 0 Å². The number of hydrogen-bond acceptors (Lipinski definition) is 4. The second-order valence-electron chi connectivity index (χ2n) is 1.60. The van der Waals surface area contributed by atoms with E-state index in [1.807, 2.05) is 0 Å². The van der Waals surface area contributed by atoms with Gasteiger partial charge in [0.1, 0.15) is 10.7 Å². The van der Waals surface area contributed by atoms with E-state index in [0.717, 1.165) is 17.2 Å². The van der Waals surface area contributed by atoms with Crippen LogP contribution in [0, 0.1) is 12.3 Å². The number of rotatable bonds is 1. The lowest BCUT2D eigenvalue weighted by Crippen LogP contribution is -2.10. The van der Waals surface area contributed by atoms with Crippen LogP contribution in [-0.2, 0) is 0 Å². The Morgan fingerprint density at radius 1 is 1.78 bits per heavy atom. The van der Waals surface area contributed by atoms with Crippen LogP contribution in [-0.4, -0.2) is 15.4 Å². The molecule has 0 fully saturated rings. The van der Waals surface area contributed by atoms with Crippen molar-refractivity contribution in [1.82, 2.24) is 9.59 Å². The van der Waals surface area contributed by atoms with Crippen LogP contribution in [0.15, 0.2) is 0 Å². The Morgan fingerprint density at radius 2 is 2.44 bits per heavy atom. The third kappa shape index (κ3) is 1.05. The molecule has 0 spiro atoms. The van der Waals surface area contributed by atoms with Crippen molar-refractivity contribution >= 4 is 17.4 Å². The van der Waals surface area contributed by atoms with Crippen LogP contribution in [0.3, 0.4) is 0 Å². The van der Waals surface area contributed by atoms with Gasteiger partial charge in [-0.15, -0.1) is 5.10 Å². The van der Waals surface area contributed by atoms with Crippen LogP contribution < -0.4 is 5.73 Å². The zero-order chi connectivity index (χ0) is 6.85. The van der Waals surface area contributed by atoms with E-state index in [0.29, 0.717) is 4.88 Å². The Balaban J connectivity index is 3.08. The molecular weight excluding hydrogens is 136 g/mol. The maximum atomic E-state index is 7.00. The highest BCUT2D eigenvalue weighted by molar-refractivity contribution is 7.08. The molecule has 1 heterocycles. The highest BCUT2D eigenvalue weighted by Gasteiger charge is 2.03. The number of amidine groups is 1. The normalized spacial score (nSPS) is 9.44. The van der Waals surface area contributed by atoms with Gasteiger partial charge >= 0.3 is 0 Å². The summed E-state index contributed by atoms with van der Waals surface area (Å²) in [5.41, 5.74) is 5.90. The van der Waals surface area contributed by atoms with E-state index >= 15 is 0 Å². The number of nitrogens with two attached hydrogens (primary N) is 1. The molecule has 1 rings (SSSR count). The second-order valence-corrected chi connectivity index (χ2v) is 2.36. The first-order valence-corrected chi connectivity index (χ1v) is 3.12. The van der Waals surface area contributed by atoms with E-state index in [9.17, 15) is 0 Å². The first-order chi connectivity index (χ1) is 4.22. The van der Waals surface area contributed by atoms with Crippen molar-refractivity contribution in [2.24, 2.45) is 5.73 Å². The highest BCUT2D eigenvalue weighted by atomic mass is 32.1. The molecule has 4 nitrogen and oxygen atoms in total. The lowest BCUT2D eigenvalue weighted by molar-refractivity contribution is 1.08. The minimum absolute atomic E-state index is 0.0440. The maximum Gasteiger partial charge on any atom is 0.136 e. The predicted octanol–water partition coefficient (Wildman–Crippen LogP) is 0.131. The number of aryl methyl sites for hydroxylation is 1. The van der Waals surface area contributed by atoms with E-state index in [-0.39, 0.29) is 5.84 Å². The summed E-state index contributed by atoms with van der Waals surface area (Å²) in [6.45, 7) is 1.78. The lowest BCUT2D eigenvalue weighted by Gasteiger charge is -1.87. The van der Waals surface area contributed by atoms with Crippen molar-refractivity contribution in [2.45, 2.75) is 6.92 Å². The largest absolute Gasteiger partial charge is 0.383 e. The van der Waals surface area contributed by atoms with Gasteiger partial charge in [-0.1, -0.05) is 4.49 Å². The summed E-state index contributed by atoms with van der Waals surface area (Å²) in [5, 5.41) is 10.7. The molecule has 48 valence electrons. The zero-order valence-corrected chi connectivity index (χ0v) is 5.70. The fourth-order valence-corrected chi connectivity index (χ4v) is 0.994. The first-order valence-electron chi connectivity index (χ1n) is 2.35. The molecule has 0 atom stereocenters. The molecule has 0 aliphatic rings. The monoisotopic (exact) mass is 142 g/mol. The minimum atomic E-state index is 0.0440. The Bertz CT molecular complexity index is 228. The van der Waals surface area contributed by atoms with Crippen LogP contribution in [0.1, 0.15) is 10.6 Å². The van der Waals surface area contributed by atoms with Gasteiger partial charge in [-0.3, -0.25) is 5.41 Å². The molecule has 0 aromatic carbocycles. The maximum absolute atomic E-state index is 7.00. The van der Waals surface area contributed by atoms with Gasteiger partial charge in [-0.05, 0) is 18.5 Å². The fraction of sp³-hybridized carbons (Fsp3) is 0.250. The van der Waals surface area contributed by atoms with E-state index < -0.39 is 0 Å². The molecule has 0 saturated heterocycles. The number of nitrogen functional groups attached to an aromatic ring is 1. The van der Waals surface area contributed by atoms with Gasteiger partial charge in [0.2, 0.25) is 0 Å². The average Bonchev–Trinajstić information content (AvgIpc) is 2.13. The first kappa shape index (κ1) is 6.15. The molecule has 9 heavy (non-hydrogen) atoms. The van der Waals surface area contributed by atoms with E-state index in [4.69, 9.17) is 11.1 Å². The summed E-state index contributed by atoms with van der Waals surface area (Å²) in [5.74, 6) is 0.0440. The van der Waals surface area contributed by atoms with Gasteiger partial charge < -0.3 is 5.73 Å². The van der Waals surface area contributed by atoms with Crippen molar-refractivity contribution in [3.63, 3.8) is 0 Å². The Kier molecular flexibility index (Phi) is 1.44. The van der Waals surface area contributed by atoms with E-state index in [2.05, 4.69) is 9.59 Å². The van der Waals surface area contributed by atoms with E-state index in [1.54, 1.807) is 6.92 Å². The SMILES string of the molecule is Cc1nnsc1C(=N)N. The summed E-state index contributed by atoms with van der Waals surface area (Å²) in [6, 6.07) is 0. The van der Waals surface area contributed by atoms with Gasteiger partial charge in [-0.2, -0.15) is 0 Å². The molecule has 0 unspecified atom stereocenters. The topological polar surface area (TPSA) is 75.7 Å². The smallest absolute Gasteiger partial charge is 0.136 e. The van der Waals surface area contributed by atoms with Crippen LogP contribution in [0.4, 0.5) is 0 Å². The van der Waals surface area contributed by atoms with Gasteiger partial charge in [0, 0.05) is 0 Å². The molecule has 0 aliphatic heterocycles. The van der Waals surface area contributed by atoms with Crippen LogP contribution in [0.25, 0.3) is 0 Å². The second kappa shape index (κ2) is 2.10. The van der Waals surface area contributed by atoms with Gasteiger partial charge in [0.25, 0.3) is 0 Å². The van der Waals surface area contributed by atoms with Gasteiger partial charge in [0.15, 0.2) is 0 Å². The van der Waals surface area contributed by atoms with Crippen molar-refractivity contribution in [1.29, 1.82) is 5.41 Å². The summed E-state index contributed by atoms with van der Waals surface area (Å²) in [7, 11) is 0. The fourth-order valence-electron chi connectivity index (χ4n) is 0.478. The molecule has 0 bridgehead atoms.